The average Bonchev–Trinajstić information content (AvgIpc) is 3.53. The van der Waals surface area contributed by atoms with Crippen molar-refractivity contribution >= 4 is 22.2 Å². The molecule has 1 atom stereocenters. The van der Waals surface area contributed by atoms with E-state index in [0.717, 1.165) is 55.1 Å². The van der Waals surface area contributed by atoms with E-state index in [-0.39, 0.29) is 11.7 Å². The lowest BCUT2D eigenvalue weighted by Crippen LogP contribution is -2.45. The van der Waals surface area contributed by atoms with Crippen molar-refractivity contribution in [3.05, 3.63) is 76.6 Å². The Kier molecular flexibility index (Phi) is 6.06. The van der Waals surface area contributed by atoms with Gasteiger partial charge in [-0.15, -0.1) is 0 Å². The van der Waals surface area contributed by atoms with Gasteiger partial charge in [-0.05, 0) is 31.3 Å². The summed E-state index contributed by atoms with van der Waals surface area (Å²) in [6.45, 7) is 5.86. The van der Waals surface area contributed by atoms with E-state index >= 15 is 0 Å². The molecule has 2 aliphatic rings. The lowest BCUT2D eigenvalue weighted by atomic mass is 10.0. The Labute approximate surface area is 230 Å². The molecule has 3 aromatic heterocycles. The molecule has 0 N–H and O–H groups in total. The van der Waals surface area contributed by atoms with E-state index in [4.69, 9.17) is 9.72 Å². The SMILES string of the molecule is CN1CCN(CCn2c(=O)n([C@@H]3CCOc4ccccc43)c3nc(-n4cnc5ccc(C#N)cc54)ncc32)CC1. The Morgan fingerprint density at radius 3 is 2.75 bits per heavy atom. The molecule has 1 saturated heterocycles. The molecule has 0 spiro atoms. The highest BCUT2D eigenvalue weighted by Crippen LogP contribution is 2.35. The molecule has 0 radical (unpaired) electrons. The van der Waals surface area contributed by atoms with Gasteiger partial charge in [0.25, 0.3) is 0 Å². The maximum Gasteiger partial charge on any atom is 0.330 e. The van der Waals surface area contributed by atoms with Crippen LogP contribution in [0.3, 0.4) is 0 Å². The van der Waals surface area contributed by atoms with Gasteiger partial charge in [0.2, 0.25) is 5.95 Å². The van der Waals surface area contributed by atoms with Gasteiger partial charge in [0.15, 0.2) is 5.65 Å². The fourth-order valence-electron chi connectivity index (χ4n) is 5.80. The summed E-state index contributed by atoms with van der Waals surface area (Å²) in [6.07, 6.45) is 4.06. The smallest absolute Gasteiger partial charge is 0.330 e. The minimum absolute atomic E-state index is 0.0977. The third-order valence-corrected chi connectivity index (χ3v) is 8.06. The van der Waals surface area contributed by atoms with Crippen LogP contribution in [-0.2, 0) is 6.54 Å². The molecule has 11 nitrogen and oxygen atoms in total. The third kappa shape index (κ3) is 4.13. The first-order valence-electron chi connectivity index (χ1n) is 13.6. The second-order valence-electron chi connectivity index (χ2n) is 10.4. The summed E-state index contributed by atoms with van der Waals surface area (Å²) in [5.41, 5.74) is 4.16. The van der Waals surface area contributed by atoms with Crippen LogP contribution in [0, 0.1) is 11.3 Å². The Balaban J connectivity index is 1.36. The number of fused-ring (bicyclic) bond motifs is 3. The Morgan fingerprint density at radius 2 is 1.90 bits per heavy atom. The van der Waals surface area contributed by atoms with E-state index in [1.807, 2.05) is 39.5 Å². The van der Waals surface area contributed by atoms with Crippen molar-refractivity contribution < 1.29 is 4.74 Å². The molecule has 11 heteroatoms. The Hall–Kier alpha value is -4.53. The van der Waals surface area contributed by atoms with Crippen LogP contribution < -0.4 is 10.4 Å². The first-order valence-corrected chi connectivity index (χ1v) is 13.6. The highest BCUT2D eigenvalue weighted by Gasteiger charge is 2.29. The molecule has 2 aliphatic heterocycles. The number of hydrogen-bond acceptors (Lipinski definition) is 8. The number of nitriles is 1. The van der Waals surface area contributed by atoms with Gasteiger partial charge in [-0.3, -0.25) is 18.6 Å². The molecule has 7 rings (SSSR count). The van der Waals surface area contributed by atoms with Crippen LogP contribution in [0.5, 0.6) is 5.75 Å². The van der Waals surface area contributed by atoms with Gasteiger partial charge in [-0.25, -0.2) is 14.8 Å². The van der Waals surface area contributed by atoms with Gasteiger partial charge < -0.3 is 9.64 Å². The number of imidazole rings is 2. The van der Waals surface area contributed by atoms with Crippen LogP contribution in [0.2, 0.25) is 0 Å². The fourth-order valence-corrected chi connectivity index (χ4v) is 5.80. The molecular formula is C29H29N9O2. The predicted molar refractivity (Wildman–Crippen MR) is 150 cm³/mol. The molecule has 0 amide bonds. The summed E-state index contributed by atoms with van der Waals surface area (Å²) in [5, 5.41) is 9.42. The van der Waals surface area contributed by atoms with E-state index in [2.05, 4.69) is 32.9 Å². The third-order valence-electron chi connectivity index (χ3n) is 8.06. The lowest BCUT2D eigenvalue weighted by Gasteiger charge is -2.32. The number of aromatic nitrogens is 6. The number of benzene rings is 2. The van der Waals surface area contributed by atoms with Crippen LogP contribution in [0.1, 0.15) is 23.6 Å². The van der Waals surface area contributed by atoms with Crippen molar-refractivity contribution in [2.24, 2.45) is 0 Å². The number of likely N-dealkylation sites (N-methyl/N-ethyl adjacent to an activating group) is 1. The molecule has 5 heterocycles. The van der Waals surface area contributed by atoms with Gasteiger partial charge in [0.1, 0.15) is 17.6 Å². The van der Waals surface area contributed by atoms with Crippen LogP contribution in [0.25, 0.3) is 28.1 Å². The van der Waals surface area contributed by atoms with E-state index in [9.17, 15) is 10.1 Å². The summed E-state index contributed by atoms with van der Waals surface area (Å²) in [4.78, 5) is 33.0. The minimum Gasteiger partial charge on any atom is -0.493 e. The molecule has 202 valence electrons. The van der Waals surface area contributed by atoms with Gasteiger partial charge in [-0.1, -0.05) is 18.2 Å². The monoisotopic (exact) mass is 535 g/mol. The first-order chi connectivity index (χ1) is 19.6. The summed E-state index contributed by atoms with van der Waals surface area (Å²) < 4.78 is 11.3. The Morgan fingerprint density at radius 1 is 1.05 bits per heavy atom. The maximum absolute atomic E-state index is 14.2. The van der Waals surface area contributed by atoms with Crippen molar-refractivity contribution in [3.8, 4) is 17.8 Å². The largest absolute Gasteiger partial charge is 0.493 e. The highest BCUT2D eigenvalue weighted by molar-refractivity contribution is 5.79. The molecule has 0 aliphatic carbocycles. The standard InChI is InChI=1S/C29H29N9O2/c1-34-9-11-35(12-10-34)13-14-36-25-18-31-28(37-19-32-22-7-6-20(17-30)16-24(22)37)33-27(25)38(29(36)39)23-8-15-40-26-5-3-2-4-21(23)26/h2-7,16,18-19,23H,8-15H2,1H3/t23-/m1/s1. The molecule has 0 unspecified atom stereocenters. The van der Waals surface area contributed by atoms with Crippen LogP contribution in [0.4, 0.5) is 0 Å². The number of nitrogens with zero attached hydrogens (tertiary/aromatic N) is 9. The van der Waals surface area contributed by atoms with Crippen molar-refractivity contribution in [1.29, 1.82) is 5.26 Å². The summed E-state index contributed by atoms with van der Waals surface area (Å²) in [7, 11) is 2.14. The van der Waals surface area contributed by atoms with E-state index in [0.29, 0.717) is 42.2 Å². The first kappa shape index (κ1) is 24.5. The fraction of sp³-hybridized carbons (Fsp3) is 0.345. The van der Waals surface area contributed by atoms with Crippen molar-refractivity contribution in [1.82, 2.24) is 38.5 Å². The topological polar surface area (TPSA) is 110 Å². The van der Waals surface area contributed by atoms with Gasteiger partial charge in [0, 0.05) is 51.3 Å². The van der Waals surface area contributed by atoms with Crippen molar-refractivity contribution in [3.63, 3.8) is 0 Å². The highest BCUT2D eigenvalue weighted by atomic mass is 16.5. The molecule has 0 bridgehead atoms. The van der Waals surface area contributed by atoms with E-state index in [1.54, 1.807) is 29.2 Å². The quantitative estimate of drug-likeness (QED) is 0.338. The molecule has 5 aromatic rings. The zero-order valence-corrected chi connectivity index (χ0v) is 22.3. The zero-order valence-electron chi connectivity index (χ0n) is 22.3. The summed E-state index contributed by atoms with van der Waals surface area (Å²) in [6, 6.07) is 15.2. The predicted octanol–water partition coefficient (Wildman–Crippen LogP) is 2.42. The lowest BCUT2D eigenvalue weighted by molar-refractivity contribution is 0.150. The van der Waals surface area contributed by atoms with Gasteiger partial charge in [-0.2, -0.15) is 10.2 Å². The zero-order chi connectivity index (χ0) is 27.2. The number of piperazine rings is 1. The normalized spacial score (nSPS) is 18.1. The summed E-state index contributed by atoms with van der Waals surface area (Å²) in [5.74, 6) is 1.19. The summed E-state index contributed by atoms with van der Waals surface area (Å²) >= 11 is 0. The van der Waals surface area contributed by atoms with Crippen molar-refractivity contribution in [2.75, 3.05) is 46.4 Å². The van der Waals surface area contributed by atoms with Crippen LogP contribution >= 0.6 is 0 Å². The molecule has 40 heavy (non-hydrogen) atoms. The van der Waals surface area contributed by atoms with Crippen LogP contribution in [0.15, 0.2) is 59.8 Å². The Bertz CT molecular complexity index is 1820. The number of rotatable bonds is 5. The molecule has 2 aromatic carbocycles. The van der Waals surface area contributed by atoms with Gasteiger partial charge >= 0.3 is 5.69 Å². The van der Waals surface area contributed by atoms with Crippen molar-refractivity contribution in [2.45, 2.75) is 19.0 Å². The number of para-hydroxylation sites is 1. The minimum atomic E-state index is -0.211. The molecule has 1 fully saturated rings. The average molecular weight is 536 g/mol. The van der Waals surface area contributed by atoms with Gasteiger partial charge in [0.05, 0.1) is 41.5 Å². The second kappa shape index (κ2) is 9.89. The number of hydrogen-bond donors (Lipinski definition) is 0. The second-order valence-corrected chi connectivity index (χ2v) is 10.4. The number of ether oxygens (including phenoxy) is 1. The molecule has 0 saturated carbocycles. The molecular weight excluding hydrogens is 506 g/mol. The van der Waals surface area contributed by atoms with E-state index < -0.39 is 0 Å². The maximum atomic E-state index is 14.2. The van der Waals surface area contributed by atoms with Crippen LogP contribution in [-0.4, -0.2) is 84.8 Å². The van der Waals surface area contributed by atoms with E-state index in [1.165, 1.54) is 0 Å².